The highest BCUT2D eigenvalue weighted by Crippen LogP contribution is 2.26. The molecule has 2 aromatic heterocycles. The van der Waals surface area contributed by atoms with Crippen LogP contribution in [0.4, 0.5) is 5.95 Å². The summed E-state index contributed by atoms with van der Waals surface area (Å²) in [6, 6.07) is 7.77. The van der Waals surface area contributed by atoms with E-state index in [1.165, 1.54) is 11.8 Å². The van der Waals surface area contributed by atoms with E-state index in [1.807, 2.05) is 35.9 Å². The number of benzene rings is 1. The van der Waals surface area contributed by atoms with Crippen LogP contribution < -0.4 is 4.90 Å². The zero-order valence-electron chi connectivity index (χ0n) is 14.1. The Kier molecular flexibility index (Phi) is 5.23. The van der Waals surface area contributed by atoms with Gasteiger partial charge in [0.05, 0.1) is 19.0 Å². The first-order valence-electron chi connectivity index (χ1n) is 8.14. The minimum Gasteiger partial charge on any atom is -0.420 e. The molecule has 10 heteroatoms. The predicted octanol–water partition coefficient (Wildman–Crippen LogP) is 2.76. The van der Waals surface area contributed by atoms with Gasteiger partial charge in [-0.1, -0.05) is 33.8 Å². The summed E-state index contributed by atoms with van der Waals surface area (Å²) in [5.74, 6) is 2.46. The van der Waals surface area contributed by atoms with Gasteiger partial charge >= 0.3 is 0 Å². The van der Waals surface area contributed by atoms with Gasteiger partial charge in [-0.2, -0.15) is 0 Å². The molecule has 1 aliphatic heterocycles. The second kappa shape index (κ2) is 7.77. The molecule has 0 bridgehead atoms. The maximum absolute atomic E-state index is 5.76. The van der Waals surface area contributed by atoms with Gasteiger partial charge in [-0.25, -0.2) is 0 Å². The smallest absolute Gasteiger partial charge is 0.247 e. The molecule has 0 atom stereocenters. The van der Waals surface area contributed by atoms with Crippen molar-refractivity contribution in [2.75, 3.05) is 31.2 Å². The normalized spacial score (nSPS) is 14.8. The molecule has 1 aliphatic rings. The van der Waals surface area contributed by atoms with Crippen molar-refractivity contribution in [1.29, 1.82) is 0 Å². The molecule has 0 amide bonds. The molecule has 1 aromatic carbocycles. The third kappa shape index (κ3) is 3.76. The summed E-state index contributed by atoms with van der Waals surface area (Å²) in [5, 5.41) is 17.6. The molecule has 0 unspecified atom stereocenters. The fourth-order valence-corrected chi connectivity index (χ4v) is 3.79. The Morgan fingerprint density at radius 1 is 1.15 bits per heavy atom. The van der Waals surface area contributed by atoms with Gasteiger partial charge in [0.25, 0.3) is 0 Å². The Bertz CT molecular complexity index is 893. The molecular formula is C16H17BrN6O2S. The standard InChI is InChI=1S/C16H17BrN6O2S/c1-22-15(23-5-7-24-8-6-23)20-21-16(22)26-10-13-18-19-14(25-13)11-3-2-4-12(17)9-11/h2-4,9H,5-8,10H2,1H3. The van der Waals surface area contributed by atoms with Crippen molar-refractivity contribution in [3.05, 3.63) is 34.6 Å². The van der Waals surface area contributed by atoms with E-state index in [-0.39, 0.29) is 0 Å². The Morgan fingerprint density at radius 2 is 2.00 bits per heavy atom. The van der Waals surface area contributed by atoms with Gasteiger partial charge in [0.2, 0.25) is 17.7 Å². The average molecular weight is 437 g/mol. The summed E-state index contributed by atoms with van der Waals surface area (Å²) < 4.78 is 14.1. The van der Waals surface area contributed by atoms with Crippen LogP contribution >= 0.6 is 27.7 Å². The van der Waals surface area contributed by atoms with Crippen LogP contribution in [-0.4, -0.2) is 51.3 Å². The zero-order chi connectivity index (χ0) is 17.9. The highest BCUT2D eigenvalue weighted by Gasteiger charge is 2.19. The van der Waals surface area contributed by atoms with Crippen molar-refractivity contribution >= 4 is 33.6 Å². The van der Waals surface area contributed by atoms with E-state index >= 15 is 0 Å². The van der Waals surface area contributed by atoms with Crippen LogP contribution in [0, 0.1) is 0 Å². The van der Waals surface area contributed by atoms with Crippen LogP contribution in [0.2, 0.25) is 0 Å². The molecule has 136 valence electrons. The number of anilines is 1. The first-order chi connectivity index (χ1) is 12.7. The topological polar surface area (TPSA) is 82.1 Å². The van der Waals surface area contributed by atoms with E-state index in [2.05, 4.69) is 41.2 Å². The lowest BCUT2D eigenvalue weighted by atomic mass is 10.2. The van der Waals surface area contributed by atoms with Crippen molar-refractivity contribution in [1.82, 2.24) is 25.0 Å². The van der Waals surface area contributed by atoms with E-state index in [1.54, 1.807) is 0 Å². The van der Waals surface area contributed by atoms with Crippen LogP contribution in [0.15, 0.2) is 38.3 Å². The van der Waals surface area contributed by atoms with Gasteiger partial charge in [0, 0.05) is 30.2 Å². The number of ether oxygens (including phenoxy) is 1. The average Bonchev–Trinajstić information content (AvgIpc) is 3.28. The van der Waals surface area contributed by atoms with Gasteiger partial charge in [-0.3, -0.25) is 4.57 Å². The Balaban J connectivity index is 1.42. The summed E-state index contributed by atoms with van der Waals surface area (Å²) in [5.41, 5.74) is 0.886. The second-order valence-electron chi connectivity index (χ2n) is 5.74. The van der Waals surface area contributed by atoms with Crippen molar-refractivity contribution in [3.8, 4) is 11.5 Å². The predicted molar refractivity (Wildman–Crippen MR) is 101 cm³/mol. The van der Waals surface area contributed by atoms with Gasteiger partial charge in [-0.15, -0.1) is 20.4 Å². The SMILES string of the molecule is Cn1c(SCc2nnc(-c3cccc(Br)c3)o2)nnc1N1CCOCC1. The van der Waals surface area contributed by atoms with E-state index < -0.39 is 0 Å². The lowest BCUT2D eigenvalue weighted by molar-refractivity contribution is 0.121. The maximum Gasteiger partial charge on any atom is 0.247 e. The van der Waals surface area contributed by atoms with Crippen LogP contribution in [0.3, 0.4) is 0 Å². The molecule has 1 fully saturated rings. The minimum atomic E-state index is 0.508. The number of rotatable bonds is 5. The van der Waals surface area contributed by atoms with Gasteiger partial charge < -0.3 is 14.1 Å². The summed E-state index contributed by atoms with van der Waals surface area (Å²) in [4.78, 5) is 2.18. The maximum atomic E-state index is 5.76. The van der Waals surface area contributed by atoms with Gasteiger partial charge in [0.1, 0.15) is 0 Å². The number of halogens is 1. The third-order valence-electron chi connectivity index (χ3n) is 3.97. The van der Waals surface area contributed by atoms with Gasteiger partial charge in [-0.05, 0) is 18.2 Å². The first kappa shape index (κ1) is 17.5. The van der Waals surface area contributed by atoms with E-state index in [0.717, 1.165) is 47.4 Å². The van der Waals surface area contributed by atoms with E-state index in [4.69, 9.17) is 9.15 Å². The van der Waals surface area contributed by atoms with Crippen LogP contribution in [0.5, 0.6) is 0 Å². The monoisotopic (exact) mass is 436 g/mol. The fraction of sp³-hybridized carbons (Fsp3) is 0.375. The molecule has 1 saturated heterocycles. The molecule has 26 heavy (non-hydrogen) atoms. The minimum absolute atomic E-state index is 0.508. The number of thioether (sulfide) groups is 1. The fourth-order valence-electron chi connectivity index (χ4n) is 2.65. The number of nitrogens with zero attached hydrogens (tertiary/aromatic N) is 6. The Hall–Kier alpha value is -1.91. The molecule has 3 heterocycles. The number of morpholine rings is 1. The van der Waals surface area contributed by atoms with Gasteiger partial charge in [0.15, 0.2) is 5.16 Å². The lowest BCUT2D eigenvalue weighted by Gasteiger charge is -2.27. The Labute approximate surface area is 163 Å². The summed E-state index contributed by atoms with van der Waals surface area (Å²) in [6.45, 7) is 3.10. The number of hydrogen-bond acceptors (Lipinski definition) is 8. The summed E-state index contributed by atoms with van der Waals surface area (Å²) >= 11 is 4.97. The molecule has 0 spiro atoms. The highest BCUT2D eigenvalue weighted by molar-refractivity contribution is 9.10. The molecule has 4 rings (SSSR count). The van der Waals surface area contributed by atoms with Crippen LogP contribution in [0.25, 0.3) is 11.5 Å². The molecule has 3 aromatic rings. The quantitative estimate of drug-likeness (QED) is 0.564. The lowest BCUT2D eigenvalue weighted by Crippen LogP contribution is -2.37. The van der Waals surface area contributed by atoms with Crippen molar-refractivity contribution < 1.29 is 9.15 Å². The summed E-state index contributed by atoms with van der Waals surface area (Å²) in [6.07, 6.45) is 0. The second-order valence-corrected chi connectivity index (χ2v) is 7.60. The molecule has 0 radical (unpaired) electrons. The van der Waals surface area contributed by atoms with E-state index in [0.29, 0.717) is 17.5 Å². The third-order valence-corrected chi connectivity index (χ3v) is 5.47. The van der Waals surface area contributed by atoms with Crippen molar-refractivity contribution in [3.63, 3.8) is 0 Å². The zero-order valence-corrected chi connectivity index (χ0v) is 16.5. The van der Waals surface area contributed by atoms with E-state index in [9.17, 15) is 0 Å². The van der Waals surface area contributed by atoms with Crippen LogP contribution in [-0.2, 0) is 17.5 Å². The summed E-state index contributed by atoms with van der Waals surface area (Å²) in [7, 11) is 1.97. The Morgan fingerprint density at radius 3 is 2.81 bits per heavy atom. The molecule has 0 saturated carbocycles. The van der Waals surface area contributed by atoms with Crippen LogP contribution in [0.1, 0.15) is 5.89 Å². The highest BCUT2D eigenvalue weighted by atomic mass is 79.9. The first-order valence-corrected chi connectivity index (χ1v) is 9.92. The number of aromatic nitrogens is 5. The largest absolute Gasteiger partial charge is 0.420 e. The van der Waals surface area contributed by atoms with Crippen molar-refractivity contribution in [2.45, 2.75) is 10.9 Å². The molecular weight excluding hydrogens is 420 g/mol. The molecule has 0 N–H and O–H groups in total. The number of hydrogen-bond donors (Lipinski definition) is 0. The molecule has 8 nitrogen and oxygen atoms in total. The molecule has 0 aliphatic carbocycles. The van der Waals surface area contributed by atoms with Crippen molar-refractivity contribution in [2.24, 2.45) is 7.05 Å².